The maximum Gasteiger partial charge on any atom is 0.416 e. The summed E-state index contributed by atoms with van der Waals surface area (Å²) in [7, 11) is 0. The van der Waals surface area contributed by atoms with Crippen LogP contribution >= 0.6 is 11.3 Å². The van der Waals surface area contributed by atoms with Gasteiger partial charge < -0.3 is 5.32 Å². The van der Waals surface area contributed by atoms with Gasteiger partial charge in [0.15, 0.2) is 0 Å². The number of rotatable bonds is 6. The SMILES string of the molecule is Cc1nc(CN2CCC(C(=O)NCCc3ccccc3C(F)(F)F)CC2)cs1. The van der Waals surface area contributed by atoms with E-state index in [4.69, 9.17) is 0 Å². The van der Waals surface area contributed by atoms with Crippen LogP contribution in [0.5, 0.6) is 0 Å². The van der Waals surface area contributed by atoms with Gasteiger partial charge in [-0.2, -0.15) is 13.2 Å². The lowest BCUT2D eigenvalue weighted by molar-refractivity contribution is -0.138. The number of thiazole rings is 1. The molecule has 0 spiro atoms. The van der Waals surface area contributed by atoms with Gasteiger partial charge in [-0.15, -0.1) is 11.3 Å². The molecule has 0 saturated carbocycles. The molecule has 1 saturated heterocycles. The number of halogens is 3. The van der Waals surface area contributed by atoms with E-state index in [9.17, 15) is 18.0 Å². The molecule has 1 N–H and O–H groups in total. The van der Waals surface area contributed by atoms with Gasteiger partial charge in [0.1, 0.15) is 0 Å². The molecular formula is C20H24F3N3OS. The topological polar surface area (TPSA) is 45.2 Å². The smallest absolute Gasteiger partial charge is 0.356 e. The van der Waals surface area contributed by atoms with Crippen LogP contribution < -0.4 is 5.32 Å². The van der Waals surface area contributed by atoms with Gasteiger partial charge >= 0.3 is 6.18 Å². The van der Waals surface area contributed by atoms with E-state index in [2.05, 4.69) is 20.6 Å². The Kier molecular flexibility index (Phi) is 6.72. The lowest BCUT2D eigenvalue weighted by Crippen LogP contribution is -2.40. The minimum absolute atomic E-state index is 0.0614. The fourth-order valence-corrected chi connectivity index (χ4v) is 4.15. The van der Waals surface area contributed by atoms with Crippen molar-refractivity contribution in [2.75, 3.05) is 19.6 Å². The lowest BCUT2D eigenvalue weighted by atomic mass is 9.95. The van der Waals surface area contributed by atoms with E-state index in [0.29, 0.717) is 0 Å². The van der Waals surface area contributed by atoms with E-state index in [-0.39, 0.29) is 30.4 Å². The van der Waals surface area contributed by atoms with Crippen LogP contribution in [0.3, 0.4) is 0 Å². The second kappa shape index (κ2) is 9.05. The molecule has 4 nitrogen and oxygen atoms in total. The summed E-state index contributed by atoms with van der Waals surface area (Å²) in [5.74, 6) is -0.139. The van der Waals surface area contributed by atoms with Crippen LogP contribution in [0.4, 0.5) is 13.2 Å². The highest BCUT2D eigenvalue weighted by Crippen LogP contribution is 2.32. The first-order valence-corrected chi connectivity index (χ1v) is 10.3. The number of aromatic nitrogens is 1. The van der Waals surface area contributed by atoms with Crippen LogP contribution in [0.25, 0.3) is 0 Å². The largest absolute Gasteiger partial charge is 0.416 e. The molecule has 3 rings (SSSR count). The number of aryl methyl sites for hydroxylation is 1. The summed E-state index contributed by atoms with van der Waals surface area (Å²) < 4.78 is 39.1. The number of hydrogen-bond acceptors (Lipinski definition) is 4. The number of carbonyl (C=O) groups excluding carboxylic acids is 1. The Morgan fingerprint density at radius 2 is 2.00 bits per heavy atom. The molecule has 0 unspecified atom stereocenters. The number of nitrogens with one attached hydrogen (secondary N) is 1. The van der Waals surface area contributed by atoms with Crippen molar-refractivity contribution in [1.29, 1.82) is 0 Å². The van der Waals surface area contributed by atoms with Gasteiger partial charge in [-0.3, -0.25) is 9.69 Å². The van der Waals surface area contributed by atoms with E-state index < -0.39 is 11.7 Å². The quantitative estimate of drug-likeness (QED) is 0.780. The van der Waals surface area contributed by atoms with E-state index in [1.807, 2.05) is 6.92 Å². The van der Waals surface area contributed by atoms with Crippen LogP contribution in [-0.2, 0) is 23.9 Å². The fourth-order valence-electron chi connectivity index (χ4n) is 3.54. The van der Waals surface area contributed by atoms with Gasteiger partial charge in [0.2, 0.25) is 5.91 Å². The summed E-state index contributed by atoms with van der Waals surface area (Å²) in [4.78, 5) is 19.1. The third-order valence-corrected chi connectivity index (χ3v) is 5.85. The van der Waals surface area contributed by atoms with Crippen LogP contribution in [0.2, 0.25) is 0 Å². The molecule has 0 radical (unpaired) electrons. The third-order valence-electron chi connectivity index (χ3n) is 5.03. The molecule has 0 aliphatic carbocycles. The minimum Gasteiger partial charge on any atom is -0.356 e. The van der Waals surface area contributed by atoms with E-state index in [1.165, 1.54) is 12.1 Å². The van der Waals surface area contributed by atoms with Gasteiger partial charge in [0, 0.05) is 24.4 Å². The van der Waals surface area contributed by atoms with Crippen molar-refractivity contribution in [3.63, 3.8) is 0 Å². The zero-order valence-electron chi connectivity index (χ0n) is 15.8. The zero-order chi connectivity index (χ0) is 20.1. The maximum atomic E-state index is 13.0. The number of carbonyl (C=O) groups is 1. The summed E-state index contributed by atoms with van der Waals surface area (Å²) in [5, 5.41) is 5.93. The van der Waals surface area contributed by atoms with Crippen LogP contribution in [0.1, 0.15) is 34.7 Å². The van der Waals surface area contributed by atoms with E-state index in [0.717, 1.165) is 49.2 Å². The second-order valence-electron chi connectivity index (χ2n) is 7.10. The monoisotopic (exact) mass is 411 g/mol. The Labute approximate surface area is 166 Å². The number of piperidine rings is 1. The predicted octanol–water partition coefficient (Wildman–Crippen LogP) is 4.04. The predicted molar refractivity (Wildman–Crippen MR) is 103 cm³/mol. The summed E-state index contributed by atoms with van der Waals surface area (Å²) in [6, 6.07) is 5.52. The number of alkyl halides is 3. The molecule has 2 aromatic rings. The zero-order valence-corrected chi connectivity index (χ0v) is 16.6. The number of nitrogens with zero attached hydrogens (tertiary/aromatic N) is 2. The molecule has 2 heterocycles. The molecule has 1 fully saturated rings. The molecule has 152 valence electrons. The van der Waals surface area contributed by atoms with Crippen LogP contribution in [0.15, 0.2) is 29.6 Å². The van der Waals surface area contributed by atoms with Crippen molar-refractivity contribution in [3.8, 4) is 0 Å². The van der Waals surface area contributed by atoms with Crippen molar-refractivity contribution in [2.45, 2.75) is 38.9 Å². The molecule has 1 aliphatic rings. The van der Waals surface area contributed by atoms with Crippen molar-refractivity contribution >= 4 is 17.2 Å². The molecule has 1 aliphatic heterocycles. The molecule has 28 heavy (non-hydrogen) atoms. The second-order valence-corrected chi connectivity index (χ2v) is 8.17. The summed E-state index contributed by atoms with van der Waals surface area (Å²) in [5.41, 5.74) is 0.646. The number of benzene rings is 1. The Morgan fingerprint density at radius 1 is 1.29 bits per heavy atom. The molecule has 8 heteroatoms. The number of amides is 1. The first kappa shape index (κ1) is 20.8. The van der Waals surface area contributed by atoms with Gasteiger partial charge in [0.05, 0.1) is 16.3 Å². The number of hydrogen-bond donors (Lipinski definition) is 1. The first-order valence-electron chi connectivity index (χ1n) is 9.39. The summed E-state index contributed by atoms with van der Waals surface area (Å²) in [6.45, 7) is 4.64. The van der Waals surface area contributed by atoms with E-state index in [1.54, 1.807) is 17.4 Å². The lowest BCUT2D eigenvalue weighted by Gasteiger charge is -2.30. The standard InChI is InChI=1S/C20H24F3N3OS/c1-14-25-17(13-28-14)12-26-10-7-16(8-11-26)19(27)24-9-6-15-4-2-3-5-18(15)20(21,22)23/h2-5,13,16H,6-12H2,1H3,(H,24,27). The molecule has 1 amide bonds. The Hall–Kier alpha value is -1.93. The van der Waals surface area contributed by atoms with Crippen LogP contribution in [-0.4, -0.2) is 35.4 Å². The molecule has 0 atom stereocenters. The molecule has 0 bridgehead atoms. The maximum absolute atomic E-state index is 13.0. The van der Waals surface area contributed by atoms with Crippen molar-refractivity contribution in [2.24, 2.45) is 5.92 Å². The third kappa shape index (κ3) is 5.54. The fraction of sp³-hybridized carbons (Fsp3) is 0.500. The number of likely N-dealkylation sites (tertiary alicyclic amines) is 1. The van der Waals surface area contributed by atoms with Crippen molar-refractivity contribution < 1.29 is 18.0 Å². The van der Waals surface area contributed by atoms with Gasteiger partial charge in [-0.05, 0) is 50.9 Å². The molecule has 1 aromatic heterocycles. The van der Waals surface area contributed by atoms with E-state index >= 15 is 0 Å². The van der Waals surface area contributed by atoms with Crippen molar-refractivity contribution in [1.82, 2.24) is 15.2 Å². The average Bonchev–Trinajstić information content (AvgIpc) is 3.06. The minimum atomic E-state index is -4.37. The average molecular weight is 411 g/mol. The Balaban J connectivity index is 1.43. The first-order chi connectivity index (χ1) is 13.3. The van der Waals surface area contributed by atoms with Crippen molar-refractivity contribution in [3.05, 3.63) is 51.5 Å². The highest BCUT2D eigenvalue weighted by Gasteiger charge is 2.32. The molecule has 1 aromatic carbocycles. The highest BCUT2D eigenvalue weighted by molar-refractivity contribution is 7.09. The van der Waals surface area contributed by atoms with Crippen LogP contribution in [0, 0.1) is 12.8 Å². The van der Waals surface area contributed by atoms with Gasteiger partial charge in [0.25, 0.3) is 0 Å². The van der Waals surface area contributed by atoms with Gasteiger partial charge in [-0.1, -0.05) is 18.2 Å². The highest BCUT2D eigenvalue weighted by atomic mass is 32.1. The van der Waals surface area contributed by atoms with Gasteiger partial charge in [-0.25, -0.2) is 4.98 Å². The molecular weight excluding hydrogens is 387 g/mol. The normalized spacial score (nSPS) is 16.3. The Morgan fingerprint density at radius 3 is 2.64 bits per heavy atom. The Bertz CT molecular complexity index is 798. The summed E-state index contributed by atoms with van der Waals surface area (Å²) >= 11 is 1.64. The summed E-state index contributed by atoms with van der Waals surface area (Å²) in [6.07, 6.45) is -2.69.